The lowest BCUT2D eigenvalue weighted by atomic mass is 10.4. The number of anilines is 1. The Bertz CT molecular complexity index is 311. The summed E-state index contributed by atoms with van der Waals surface area (Å²) in [7, 11) is 6.33. The molecule has 0 radical (unpaired) electrons. The second-order valence-electron chi connectivity index (χ2n) is 4.48. The van der Waals surface area contributed by atoms with Gasteiger partial charge in [-0.25, -0.2) is 4.98 Å². The van der Waals surface area contributed by atoms with Crippen LogP contribution >= 0.6 is 11.3 Å². The molecular formula is C12H24N4S. The number of aromatic nitrogens is 1. The molecule has 0 aliphatic rings. The van der Waals surface area contributed by atoms with Crippen LogP contribution in [0, 0.1) is 0 Å². The Morgan fingerprint density at radius 2 is 2.06 bits per heavy atom. The van der Waals surface area contributed by atoms with Gasteiger partial charge < -0.3 is 15.1 Å². The lowest BCUT2D eigenvalue weighted by Gasteiger charge is -2.17. The molecule has 1 aromatic heterocycles. The van der Waals surface area contributed by atoms with Crippen LogP contribution in [0.25, 0.3) is 0 Å². The molecule has 0 bridgehead atoms. The average Bonchev–Trinajstić information content (AvgIpc) is 2.74. The lowest BCUT2D eigenvalue weighted by Crippen LogP contribution is -2.23. The maximum absolute atomic E-state index is 4.61. The number of thiazole rings is 1. The minimum Gasteiger partial charge on any atom is -0.351 e. The zero-order valence-corrected chi connectivity index (χ0v) is 12.2. The molecule has 0 atom stereocenters. The standard InChI is InChI=1S/C12H24N4S/c1-5-13-9-11-10-17-12(14-11)16(4)8-6-7-15(2)3/h10,13H,5-9H2,1-4H3. The summed E-state index contributed by atoms with van der Waals surface area (Å²) in [5.74, 6) is 0. The molecule has 0 aliphatic carbocycles. The molecule has 0 unspecified atom stereocenters. The summed E-state index contributed by atoms with van der Waals surface area (Å²) >= 11 is 1.73. The van der Waals surface area contributed by atoms with Crippen molar-refractivity contribution in [2.45, 2.75) is 19.9 Å². The van der Waals surface area contributed by atoms with Crippen molar-refractivity contribution < 1.29 is 0 Å². The fourth-order valence-electron chi connectivity index (χ4n) is 1.53. The Kier molecular flexibility index (Phi) is 6.47. The van der Waals surface area contributed by atoms with Gasteiger partial charge in [0.1, 0.15) is 0 Å². The van der Waals surface area contributed by atoms with Gasteiger partial charge in [-0.1, -0.05) is 6.92 Å². The molecule has 0 aromatic carbocycles. The van der Waals surface area contributed by atoms with Gasteiger partial charge in [0.05, 0.1) is 5.69 Å². The summed E-state index contributed by atoms with van der Waals surface area (Å²) < 4.78 is 0. The summed E-state index contributed by atoms with van der Waals surface area (Å²) in [6, 6.07) is 0. The number of hydrogen-bond donors (Lipinski definition) is 1. The fourth-order valence-corrected chi connectivity index (χ4v) is 2.34. The number of nitrogens with one attached hydrogen (secondary N) is 1. The highest BCUT2D eigenvalue weighted by atomic mass is 32.1. The number of rotatable bonds is 8. The molecule has 0 spiro atoms. The van der Waals surface area contributed by atoms with Crippen LogP contribution < -0.4 is 10.2 Å². The summed E-state index contributed by atoms with van der Waals surface area (Å²) in [6.07, 6.45) is 1.17. The summed E-state index contributed by atoms with van der Waals surface area (Å²) in [6.45, 7) is 6.16. The third kappa shape index (κ3) is 5.48. The SMILES string of the molecule is CCNCc1csc(N(C)CCCN(C)C)n1. The minimum absolute atomic E-state index is 0.874. The number of hydrogen-bond acceptors (Lipinski definition) is 5. The van der Waals surface area contributed by atoms with Crippen LogP contribution in [0.3, 0.4) is 0 Å². The Balaban J connectivity index is 2.35. The van der Waals surface area contributed by atoms with E-state index in [9.17, 15) is 0 Å². The van der Waals surface area contributed by atoms with Crippen molar-refractivity contribution in [1.82, 2.24) is 15.2 Å². The monoisotopic (exact) mass is 256 g/mol. The Morgan fingerprint density at radius 1 is 1.29 bits per heavy atom. The first-order chi connectivity index (χ1) is 8.13. The summed E-state index contributed by atoms with van der Waals surface area (Å²) in [5.41, 5.74) is 1.14. The molecule has 98 valence electrons. The third-order valence-corrected chi connectivity index (χ3v) is 3.52. The van der Waals surface area contributed by atoms with E-state index in [-0.39, 0.29) is 0 Å². The zero-order chi connectivity index (χ0) is 12.7. The van der Waals surface area contributed by atoms with Crippen LogP contribution in [0.15, 0.2) is 5.38 Å². The summed E-state index contributed by atoms with van der Waals surface area (Å²) in [4.78, 5) is 9.07. The van der Waals surface area contributed by atoms with Crippen LogP contribution in [0.1, 0.15) is 19.0 Å². The molecular weight excluding hydrogens is 232 g/mol. The lowest BCUT2D eigenvalue weighted by molar-refractivity contribution is 0.401. The maximum Gasteiger partial charge on any atom is 0.185 e. The summed E-state index contributed by atoms with van der Waals surface area (Å²) in [5, 5.41) is 6.56. The Hall–Kier alpha value is -0.650. The van der Waals surface area contributed by atoms with Crippen molar-refractivity contribution in [2.75, 3.05) is 45.7 Å². The second kappa shape index (κ2) is 7.63. The van der Waals surface area contributed by atoms with Crippen molar-refractivity contribution in [1.29, 1.82) is 0 Å². The van der Waals surface area contributed by atoms with E-state index in [1.54, 1.807) is 11.3 Å². The first-order valence-corrected chi connectivity index (χ1v) is 7.02. The molecule has 0 fully saturated rings. The van der Waals surface area contributed by atoms with Gasteiger partial charge >= 0.3 is 0 Å². The molecule has 4 nitrogen and oxygen atoms in total. The molecule has 5 heteroatoms. The molecule has 0 saturated heterocycles. The van der Waals surface area contributed by atoms with Crippen LogP contribution in [-0.2, 0) is 6.54 Å². The molecule has 1 heterocycles. The van der Waals surface area contributed by atoms with Crippen molar-refractivity contribution in [2.24, 2.45) is 0 Å². The highest BCUT2D eigenvalue weighted by molar-refractivity contribution is 7.13. The van der Waals surface area contributed by atoms with Gasteiger partial charge in [0.2, 0.25) is 0 Å². The zero-order valence-electron chi connectivity index (χ0n) is 11.4. The van der Waals surface area contributed by atoms with E-state index in [0.29, 0.717) is 0 Å². The van der Waals surface area contributed by atoms with Gasteiger partial charge in [0, 0.05) is 25.5 Å². The molecule has 17 heavy (non-hydrogen) atoms. The molecule has 1 N–H and O–H groups in total. The van der Waals surface area contributed by atoms with Crippen molar-refractivity contribution in [3.05, 3.63) is 11.1 Å². The minimum atomic E-state index is 0.874. The quantitative estimate of drug-likeness (QED) is 0.766. The van der Waals surface area contributed by atoms with E-state index in [4.69, 9.17) is 0 Å². The predicted octanol–water partition coefficient (Wildman–Crippen LogP) is 1.64. The highest BCUT2D eigenvalue weighted by Gasteiger charge is 2.06. The smallest absolute Gasteiger partial charge is 0.185 e. The first-order valence-electron chi connectivity index (χ1n) is 6.14. The van der Waals surface area contributed by atoms with E-state index in [2.05, 4.69) is 53.5 Å². The van der Waals surface area contributed by atoms with E-state index in [1.807, 2.05) is 0 Å². The van der Waals surface area contributed by atoms with E-state index in [1.165, 1.54) is 6.42 Å². The number of nitrogens with zero attached hydrogens (tertiary/aromatic N) is 3. The molecule has 0 amide bonds. The van der Waals surface area contributed by atoms with Crippen molar-refractivity contribution in [3.63, 3.8) is 0 Å². The predicted molar refractivity (Wildman–Crippen MR) is 75.9 cm³/mol. The van der Waals surface area contributed by atoms with Crippen LogP contribution in [0.5, 0.6) is 0 Å². The van der Waals surface area contributed by atoms with Crippen LogP contribution in [0.4, 0.5) is 5.13 Å². The fraction of sp³-hybridized carbons (Fsp3) is 0.750. The molecule has 1 aromatic rings. The maximum atomic E-state index is 4.61. The van der Waals surface area contributed by atoms with E-state index in [0.717, 1.165) is 37.0 Å². The van der Waals surface area contributed by atoms with Crippen LogP contribution in [-0.4, -0.2) is 50.7 Å². The first kappa shape index (κ1) is 14.4. The van der Waals surface area contributed by atoms with Gasteiger partial charge in [-0.2, -0.15) is 0 Å². The third-order valence-electron chi connectivity index (χ3n) is 2.52. The van der Waals surface area contributed by atoms with Gasteiger partial charge in [-0.3, -0.25) is 0 Å². The Morgan fingerprint density at radius 3 is 2.71 bits per heavy atom. The molecule has 0 aliphatic heterocycles. The second-order valence-corrected chi connectivity index (χ2v) is 5.32. The van der Waals surface area contributed by atoms with Crippen molar-refractivity contribution in [3.8, 4) is 0 Å². The van der Waals surface area contributed by atoms with Crippen molar-refractivity contribution >= 4 is 16.5 Å². The van der Waals surface area contributed by atoms with Gasteiger partial charge in [-0.15, -0.1) is 11.3 Å². The average molecular weight is 256 g/mol. The molecule has 0 saturated carbocycles. The largest absolute Gasteiger partial charge is 0.351 e. The molecule has 1 rings (SSSR count). The highest BCUT2D eigenvalue weighted by Crippen LogP contribution is 2.19. The topological polar surface area (TPSA) is 31.4 Å². The van der Waals surface area contributed by atoms with Gasteiger partial charge in [0.15, 0.2) is 5.13 Å². The van der Waals surface area contributed by atoms with Gasteiger partial charge in [0.25, 0.3) is 0 Å². The van der Waals surface area contributed by atoms with E-state index < -0.39 is 0 Å². The van der Waals surface area contributed by atoms with Gasteiger partial charge in [-0.05, 0) is 33.6 Å². The van der Waals surface area contributed by atoms with E-state index >= 15 is 0 Å². The Labute approximate surface area is 109 Å². The normalized spacial score (nSPS) is 11.1. The van der Waals surface area contributed by atoms with Crippen LogP contribution in [0.2, 0.25) is 0 Å².